The van der Waals surface area contributed by atoms with Crippen LogP contribution < -0.4 is 0 Å². The molecule has 0 amide bonds. The summed E-state index contributed by atoms with van der Waals surface area (Å²) in [4.78, 5) is 11.1. The number of ether oxygens (including phenoxy) is 1. The van der Waals surface area contributed by atoms with Crippen molar-refractivity contribution < 1.29 is 19.0 Å². The van der Waals surface area contributed by atoms with Gasteiger partial charge in [0, 0.05) is 0 Å². The van der Waals surface area contributed by atoms with E-state index in [1.165, 1.54) is 12.1 Å². The fourth-order valence-electron chi connectivity index (χ4n) is 1.26. The topological polar surface area (TPSA) is 46.5 Å². The Kier molecular flexibility index (Phi) is 3.42. The monoisotopic (exact) mass is 212 g/mol. The Morgan fingerprint density at radius 1 is 1.47 bits per heavy atom. The van der Waals surface area contributed by atoms with E-state index < -0.39 is 17.7 Å². The number of benzene rings is 1. The number of halogens is 1. The highest BCUT2D eigenvalue weighted by molar-refractivity contribution is 5.79. The van der Waals surface area contributed by atoms with Crippen molar-refractivity contribution in [3.63, 3.8) is 0 Å². The quantitative estimate of drug-likeness (QED) is 0.774. The molecule has 0 spiro atoms. The number of methoxy groups -OCH3 is 1. The second kappa shape index (κ2) is 4.40. The first-order chi connectivity index (χ1) is 7.00. The molecule has 0 saturated carbocycles. The van der Waals surface area contributed by atoms with E-state index in [1.54, 1.807) is 18.2 Å². The summed E-state index contributed by atoms with van der Waals surface area (Å²) < 4.78 is 18.1. The maximum absolute atomic E-state index is 13.8. The first-order valence-electron chi connectivity index (χ1n) is 4.50. The maximum Gasteiger partial charge on any atom is 0.341 e. The Labute approximate surface area is 87.5 Å². The molecule has 0 heterocycles. The first-order valence-corrected chi connectivity index (χ1v) is 4.50. The van der Waals surface area contributed by atoms with Crippen LogP contribution in [0.4, 0.5) is 4.39 Å². The van der Waals surface area contributed by atoms with Crippen molar-refractivity contribution in [1.29, 1.82) is 0 Å². The predicted molar refractivity (Wildman–Crippen MR) is 52.9 cm³/mol. The molecule has 0 aliphatic heterocycles. The highest BCUT2D eigenvalue weighted by atomic mass is 19.1. The fourth-order valence-corrected chi connectivity index (χ4v) is 1.26. The van der Waals surface area contributed by atoms with E-state index in [0.717, 1.165) is 14.0 Å². The smallest absolute Gasteiger partial charge is 0.341 e. The Balaban J connectivity index is 2.94. The third-order valence-corrected chi connectivity index (χ3v) is 2.18. The molecule has 82 valence electrons. The number of carbonyl (C=O) groups excluding carboxylic acids is 1. The fraction of sp³-hybridized carbons (Fsp3) is 0.364. The third kappa shape index (κ3) is 2.33. The molecule has 0 aliphatic rings. The number of hydrogen-bond donors (Lipinski definition) is 1. The van der Waals surface area contributed by atoms with Gasteiger partial charge in [0.15, 0.2) is 11.8 Å². The molecule has 0 fully saturated rings. The molecule has 1 aromatic rings. The third-order valence-electron chi connectivity index (χ3n) is 2.18. The molecular formula is C11H13FO3. The molecule has 0 aliphatic carbocycles. The lowest BCUT2D eigenvalue weighted by atomic mass is 9.94. The lowest BCUT2D eigenvalue weighted by Crippen LogP contribution is -2.40. The highest BCUT2D eigenvalue weighted by Crippen LogP contribution is 2.30. The van der Waals surface area contributed by atoms with Crippen molar-refractivity contribution in [2.24, 2.45) is 0 Å². The van der Waals surface area contributed by atoms with Crippen LogP contribution in [0.25, 0.3) is 0 Å². The summed E-state index contributed by atoms with van der Waals surface area (Å²) in [6.45, 7) is 1.09. The summed E-state index contributed by atoms with van der Waals surface area (Å²) in [7, 11) is 1.11. The van der Waals surface area contributed by atoms with E-state index in [9.17, 15) is 14.3 Å². The molecular weight excluding hydrogens is 199 g/mol. The van der Waals surface area contributed by atoms with Crippen molar-refractivity contribution >= 4 is 5.97 Å². The van der Waals surface area contributed by atoms with Gasteiger partial charge in [-0.1, -0.05) is 30.3 Å². The standard InChI is InChI=1S/C11H13FO3/c1-11(14,10(13)15-2)9(12)8-6-4-3-5-7-8/h3-7,9,14H,1-2H3/t9-,11-/m1/s1. The van der Waals surface area contributed by atoms with Gasteiger partial charge >= 0.3 is 5.97 Å². The van der Waals surface area contributed by atoms with E-state index in [4.69, 9.17) is 0 Å². The van der Waals surface area contributed by atoms with Crippen LogP contribution in [-0.4, -0.2) is 23.8 Å². The Morgan fingerprint density at radius 3 is 2.47 bits per heavy atom. The van der Waals surface area contributed by atoms with Crippen molar-refractivity contribution in [1.82, 2.24) is 0 Å². The largest absolute Gasteiger partial charge is 0.467 e. The summed E-state index contributed by atoms with van der Waals surface area (Å²) in [5, 5.41) is 9.66. The molecule has 0 aromatic heterocycles. The van der Waals surface area contributed by atoms with Crippen LogP contribution in [0.5, 0.6) is 0 Å². The number of esters is 1. The molecule has 0 unspecified atom stereocenters. The molecule has 2 atom stereocenters. The maximum atomic E-state index is 13.8. The van der Waals surface area contributed by atoms with Crippen LogP contribution in [-0.2, 0) is 9.53 Å². The first kappa shape index (κ1) is 11.7. The lowest BCUT2D eigenvalue weighted by Gasteiger charge is -2.24. The number of rotatable bonds is 3. The average Bonchev–Trinajstić information content (AvgIpc) is 2.28. The minimum Gasteiger partial charge on any atom is -0.467 e. The highest BCUT2D eigenvalue weighted by Gasteiger charge is 2.41. The molecule has 15 heavy (non-hydrogen) atoms. The van der Waals surface area contributed by atoms with Gasteiger partial charge < -0.3 is 9.84 Å². The second-order valence-electron chi connectivity index (χ2n) is 3.41. The molecule has 1 aromatic carbocycles. The zero-order valence-electron chi connectivity index (χ0n) is 8.61. The molecule has 0 radical (unpaired) electrons. The number of carbonyl (C=O) groups is 1. The minimum atomic E-state index is -2.16. The van der Waals surface area contributed by atoms with Gasteiger partial charge in [0.25, 0.3) is 0 Å². The van der Waals surface area contributed by atoms with Gasteiger partial charge in [-0.15, -0.1) is 0 Å². The van der Waals surface area contributed by atoms with Crippen LogP contribution in [0.15, 0.2) is 30.3 Å². The normalized spacial score (nSPS) is 16.5. The average molecular weight is 212 g/mol. The van der Waals surface area contributed by atoms with Crippen LogP contribution in [0, 0.1) is 0 Å². The van der Waals surface area contributed by atoms with Gasteiger partial charge in [-0.05, 0) is 12.5 Å². The SMILES string of the molecule is COC(=O)[C@](C)(O)[C@H](F)c1ccccc1. The van der Waals surface area contributed by atoms with Crippen molar-refractivity contribution in [2.75, 3.05) is 7.11 Å². The van der Waals surface area contributed by atoms with Crippen LogP contribution >= 0.6 is 0 Å². The Morgan fingerprint density at radius 2 is 2.00 bits per heavy atom. The van der Waals surface area contributed by atoms with Crippen molar-refractivity contribution in [2.45, 2.75) is 18.7 Å². The van der Waals surface area contributed by atoms with E-state index in [0.29, 0.717) is 0 Å². The molecule has 1 rings (SSSR count). The van der Waals surface area contributed by atoms with E-state index in [1.807, 2.05) is 0 Å². The van der Waals surface area contributed by atoms with Crippen molar-refractivity contribution in [3.05, 3.63) is 35.9 Å². The molecule has 0 bridgehead atoms. The van der Waals surface area contributed by atoms with Gasteiger partial charge in [-0.3, -0.25) is 0 Å². The summed E-state index contributed by atoms with van der Waals surface area (Å²) in [5.41, 5.74) is -1.91. The van der Waals surface area contributed by atoms with Gasteiger partial charge in [0.2, 0.25) is 0 Å². The second-order valence-corrected chi connectivity index (χ2v) is 3.41. The van der Waals surface area contributed by atoms with E-state index in [-0.39, 0.29) is 5.56 Å². The number of hydrogen-bond acceptors (Lipinski definition) is 3. The van der Waals surface area contributed by atoms with Gasteiger partial charge in [0.05, 0.1) is 7.11 Å². The van der Waals surface area contributed by atoms with Gasteiger partial charge in [0.1, 0.15) is 0 Å². The summed E-state index contributed by atoms with van der Waals surface area (Å²) in [6, 6.07) is 8.00. The number of alkyl halides is 1. The molecule has 4 heteroatoms. The molecule has 3 nitrogen and oxygen atoms in total. The molecule has 0 saturated heterocycles. The van der Waals surface area contributed by atoms with Crippen molar-refractivity contribution in [3.8, 4) is 0 Å². The van der Waals surface area contributed by atoms with E-state index >= 15 is 0 Å². The zero-order valence-corrected chi connectivity index (χ0v) is 8.61. The van der Waals surface area contributed by atoms with Crippen LogP contribution in [0.3, 0.4) is 0 Å². The zero-order chi connectivity index (χ0) is 11.5. The summed E-state index contributed by atoms with van der Waals surface area (Å²) in [5.74, 6) is -0.987. The predicted octanol–water partition coefficient (Wildman–Crippen LogP) is 1.62. The van der Waals surface area contributed by atoms with Crippen LogP contribution in [0.1, 0.15) is 18.7 Å². The van der Waals surface area contributed by atoms with Crippen LogP contribution in [0.2, 0.25) is 0 Å². The van der Waals surface area contributed by atoms with Gasteiger partial charge in [-0.2, -0.15) is 0 Å². The molecule has 1 N–H and O–H groups in total. The van der Waals surface area contributed by atoms with Gasteiger partial charge in [-0.25, -0.2) is 9.18 Å². The summed E-state index contributed by atoms with van der Waals surface area (Å²) in [6.07, 6.45) is -1.80. The Bertz CT molecular complexity index is 335. The minimum absolute atomic E-state index is 0.243. The van der Waals surface area contributed by atoms with E-state index in [2.05, 4.69) is 4.74 Å². The Hall–Kier alpha value is -1.42. The summed E-state index contributed by atoms with van der Waals surface area (Å²) >= 11 is 0. The number of aliphatic hydroxyl groups is 1. The lowest BCUT2D eigenvalue weighted by molar-refractivity contribution is -0.167.